The van der Waals surface area contributed by atoms with Crippen LogP contribution >= 0.6 is 0 Å². The number of hydrogen-bond donors (Lipinski definition) is 3. The second-order valence-electron chi connectivity index (χ2n) is 6.32. The van der Waals surface area contributed by atoms with Crippen LogP contribution in [0.1, 0.15) is 26.2 Å². The van der Waals surface area contributed by atoms with Gasteiger partial charge < -0.3 is 15.7 Å². The summed E-state index contributed by atoms with van der Waals surface area (Å²) >= 11 is 0. The molecule has 0 saturated heterocycles. The summed E-state index contributed by atoms with van der Waals surface area (Å²) in [5, 5.41) is 14.1. The summed E-state index contributed by atoms with van der Waals surface area (Å²) in [7, 11) is 0. The van der Waals surface area contributed by atoms with Crippen LogP contribution in [0.25, 0.3) is 0 Å². The van der Waals surface area contributed by atoms with Crippen LogP contribution in [-0.2, 0) is 4.79 Å². The molecule has 112 valence electrons. The van der Waals surface area contributed by atoms with Crippen LogP contribution in [-0.4, -0.2) is 22.6 Å². The number of carbonyl (C=O) groups is 2. The van der Waals surface area contributed by atoms with Gasteiger partial charge in [-0.05, 0) is 48.9 Å². The van der Waals surface area contributed by atoms with Crippen molar-refractivity contribution >= 4 is 17.7 Å². The lowest BCUT2D eigenvalue weighted by molar-refractivity contribution is -0.185. The molecule has 3 saturated carbocycles. The van der Waals surface area contributed by atoms with E-state index < -0.39 is 6.09 Å². The molecule has 3 aliphatic carbocycles. The Bertz CT molecular complexity index is 580. The zero-order valence-corrected chi connectivity index (χ0v) is 11.6. The minimum Gasteiger partial charge on any atom is -0.465 e. The third kappa shape index (κ3) is 2.24. The number of halogens is 1. The van der Waals surface area contributed by atoms with Gasteiger partial charge in [0.15, 0.2) is 0 Å². The van der Waals surface area contributed by atoms with E-state index in [9.17, 15) is 14.0 Å². The topological polar surface area (TPSA) is 78.4 Å². The van der Waals surface area contributed by atoms with Crippen molar-refractivity contribution in [2.24, 2.45) is 11.3 Å². The van der Waals surface area contributed by atoms with E-state index >= 15 is 0 Å². The summed E-state index contributed by atoms with van der Waals surface area (Å²) in [6, 6.07) is 5.64. The van der Waals surface area contributed by atoms with Gasteiger partial charge in [-0.3, -0.25) is 4.79 Å². The molecule has 0 radical (unpaired) electrons. The van der Waals surface area contributed by atoms with Gasteiger partial charge in [-0.15, -0.1) is 0 Å². The highest BCUT2D eigenvalue weighted by Crippen LogP contribution is 2.70. The van der Waals surface area contributed by atoms with Gasteiger partial charge in [0.05, 0.1) is 0 Å². The Labute approximate surface area is 121 Å². The highest BCUT2D eigenvalue weighted by molar-refractivity contribution is 5.93. The number of anilines is 1. The molecule has 4 rings (SSSR count). The molecule has 3 N–H and O–H groups in total. The Morgan fingerprint density at radius 3 is 2.33 bits per heavy atom. The quantitative estimate of drug-likeness (QED) is 0.798. The van der Waals surface area contributed by atoms with E-state index in [1.807, 2.05) is 6.92 Å². The zero-order valence-electron chi connectivity index (χ0n) is 11.6. The molecule has 0 spiro atoms. The van der Waals surface area contributed by atoms with E-state index in [0.29, 0.717) is 24.9 Å². The summed E-state index contributed by atoms with van der Waals surface area (Å²) in [6.45, 7) is 1.86. The fourth-order valence-corrected chi connectivity index (χ4v) is 3.75. The summed E-state index contributed by atoms with van der Waals surface area (Å²) in [6.07, 6.45) is 1.13. The van der Waals surface area contributed by atoms with Gasteiger partial charge in [0.25, 0.3) is 0 Å². The number of benzene rings is 1. The fraction of sp³-hybridized carbons (Fsp3) is 0.467. The van der Waals surface area contributed by atoms with Gasteiger partial charge in [-0.1, -0.05) is 6.92 Å². The number of amides is 2. The average Bonchev–Trinajstić information content (AvgIpc) is 2.33. The number of carbonyl (C=O) groups excluding carboxylic acids is 1. The lowest BCUT2D eigenvalue weighted by Crippen LogP contribution is -2.77. The Hall–Kier alpha value is -2.11. The molecular weight excluding hydrogens is 275 g/mol. The average molecular weight is 292 g/mol. The smallest absolute Gasteiger partial charge is 0.405 e. The molecule has 3 fully saturated rings. The summed E-state index contributed by atoms with van der Waals surface area (Å²) < 4.78 is 12.8. The first-order valence-electron chi connectivity index (χ1n) is 6.92. The van der Waals surface area contributed by atoms with E-state index in [1.54, 1.807) is 0 Å². The van der Waals surface area contributed by atoms with Crippen molar-refractivity contribution < 1.29 is 19.1 Å². The Morgan fingerprint density at radius 2 is 1.81 bits per heavy atom. The van der Waals surface area contributed by atoms with Gasteiger partial charge in [-0.2, -0.15) is 0 Å². The van der Waals surface area contributed by atoms with Crippen molar-refractivity contribution in [2.45, 2.75) is 31.7 Å². The van der Waals surface area contributed by atoms with Crippen molar-refractivity contribution in [1.29, 1.82) is 0 Å². The van der Waals surface area contributed by atoms with Gasteiger partial charge in [0, 0.05) is 17.1 Å². The first-order valence-corrected chi connectivity index (χ1v) is 6.92. The third-order valence-electron chi connectivity index (χ3n) is 4.87. The zero-order chi connectivity index (χ0) is 15.3. The van der Waals surface area contributed by atoms with E-state index in [2.05, 4.69) is 10.6 Å². The predicted octanol–water partition coefficient (Wildman–Crippen LogP) is 2.59. The Kier molecular flexibility index (Phi) is 2.93. The molecule has 21 heavy (non-hydrogen) atoms. The minimum absolute atomic E-state index is 0.0907. The maximum atomic E-state index is 12.8. The Balaban J connectivity index is 1.58. The van der Waals surface area contributed by atoms with Crippen molar-refractivity contribution in [3.8, 4) is 0 Å². The number of hydrogen-bond acceptors (Lipinski definition) is 2. The molecule has 1 aromatic carbocycles. The fourth-order valence-electron chi connectivity index (χ4n) is 3.75. The van der Waals surface area contributed by atoms with Crippen LogP contribution in [0.15, 0.2) is 24.3 Å². The van der Waals surface area contributed by atoms with Crippen LogP contribution in [0.4, 0.5) is 14.9 Å². The van der Waals surface area contributed by atoms with Crippen LogP contribution < -0.4 is 10.6 Å². The summed E-state index contributed by atoms with van der Waals surface area (Å²) in [4.78, 5) is 22.9. The van der Waals surface area contributed by atoms with Crippen molar-refractivity contribution in [2.75, 3.05) is 5.32 Å². The molecule has 0 unspecified atom stereocenters. The first-order chi connectivity index (χ1) is 9.84. The molecule has 2 amide bonds. The summed E-state index contributed by atoms with van der Waals surface area (Å²) in [5.41, 5.74) is 0.168. The molecule has 2 bridgehead atoms. The molecule has 1 aromatic rings. The monoisotopic (exact) mass is 292 g/mol. The molecule has 1 atom stereocenters. The van der Waals surface area contributed by atoms with E-state index in [0.717, 1.165) is 0 Å². The highest BCUT2D eigenvalue weighted by atomic mass is 19.1. The van der Waals surface area contributed by atoms with Gasteiger partial charge >= 0.3 is 6.09 Å². The molecular formula is C15H17FN2O3. The second-order valence-corrected chi connectivity index (χ2v) is 6.32. The highest BCUT2D eigenvalue weighted by Gasteiger charge is 2.71. The largest absolute Gasteiger partial charge is 0.465 e. The van der Waals surface area contributed by atoms with Gasteiger partial charge in [-0.25, -0.2) is 9.18 Å². The second kappa shape index (κ2) is 4.44. The molecule has 3 aliphatic rings. The van der Waals surface area contributed by atoms with Crippen LogP contribution in [0, 0.1) is 17.2 Å². The minimum atomic E-state index is -1.01. The van der Waals surface area contributed by atoms with Crippen molar-refractivity contribution in [1.82, 2.24) is 5.32 Å². The number of rotatable bonds is 4. The lowest BCUT2D eigenvalue weighted by atomic mass is 9.36. The predicted molar refractivity (Wildman–Crippen MR) is 74.4 cm³/mol. The van der Waals surface area contributed by atoms with E-state index in [1.165, 1.54) is 24.3 Å². The maximum absolute atomic E-state index is 12.8. The van der Waals surface area contributed by atoms with Crippen LogP contribution in [0.5, 0.6) is 0 Å². The molecule has 0 heterocycles. The first kappa shape index (κ1) is 13.9. The van der Waals surface area contributed by atoms with Crippen LogP contribution in [0.3, 0.4) is 0 Å². The van der Waals surface area contributed by atoms with Gasteiger partial charge in [0.2, 0.25) is 5.91 Å². The van der Waals surface area contributed by atoms with Crippen molar-refractivity contribution in [3.63, 3.8) is 0 Å². The third-order valence-corrected chi connectivity index (χ3v) is 4.87. The SMILES string of the molecule is C[C@@H](C(=O)Nc1ccc(F)cc1)C12CC(NC(=O)O)(C1)C2. The molecule has 0 aromatic heterocycles. The van der Waals surface area contributed by atoms with Gasteiger partial charge in [0.1, 0.15) is 5.82 Å². The Morgan fingerprint density at radius 1 is 1.24 bits per heavy atom. The number of nitrogens with one attached hydrogen (secondary N) is 2. The standard InChI is InChI=1S/C15H17FN2O3/c1-9(12(19)17-11-4-2-10(16)3-5-11)14-6-15(7-14,8-14)18-13(20)21/h2-5,9,18H,6-8H2,1H3,(H,17,19)(H,20,21)/t9-,14?,15?/m0/s1. The summed E-state index contributed by atoms with van der Waals surface area (Å²) in [5.74, 6) is -0.646. The number of carboxylic acid groups (broad SMARTS) is 1. The molecule has 0 aliphatic heterocycles. The normalized spacial score (nSPS) is 30.6. The lowest BCUT2D eigenvalue weighted by Gasteiger charge is -2.72. The van der Waals surface area contributed by atoms with E-state index in [4.69, 9.17) is 5.11 Å². The van der Waals surface area contributed by atoms with Crippen LogP contribution in [0.2, 0.25) is 0 Å². The molecule has 5 nitrogen and oxygen atoms in total. The molecule has 6 heteroatoms. The van der Waals surface area contributed by atoms with Crippen molar-refractivity contribution in [3.05, 3.63) is 30.1 Å². The van der Waals surface area contributed by atoms with E-state index in [-0.39, 0.29) is 28.6 Å². The maximum Gasteiger partial charge on any atom is 0.405 e.